The van der Waals surface area contributed by atoms with E-state index in [-0.39, 0.29) is 17.4 Å². The van der Waals surface area contributed by atoms with Gasteiger partial charge in [0.05, 0.1) is 36.0 Å². The largest absolute Gasteiger partial charge is 0.498 e. The number of nitrogens with zero attached hydrogens (tertiary/aromatic N) is 3. The topological polar surface area (TPSA) is 107 Å². The van der Waals surface area contributed by atoms with Crippen molar-refractivity contribution in [2.24, 2.45) is 0 Å². The molecule has 2 aromatic rings. The average molecular weight is 474 g/mol. The number of hydrogen-bond acceptors (Lipinski definition) is 8. The Morgan fingerprint density at radius 1 is 1.24 bits per heavy atom. The highest BCUT2D eigenvalue weighted by Gasteiger charge is 2.17. The van der Waals surface area contributed by atoms with Gasteiger partial charge in [-0.15, -0.1) is 11.6 Å². The summed E-state index contributed by atoms with van der Waals surface area (Å²) in [5, 5.41) is 13.1. The number of benzene rings is 1. The molecule has 0 saturated carbocycles. The number of ether oxygens (including phenoxy) is 3. The van der Waals surface area contributed by atoms with Gasteiger partial charge in [-0.3, -0.25) is 4.79 Å². The van der Waals surface area contributed by atoms with E-state index in [0.717, 1.165) is 12.8 Å². The number of hydrogen-bond donors (Lipinski definition) is 0. The number of carbonyl (C=O) groups is 1. The number of halogens is 1. The number of rotatable bonds is 13. The number of unbranched alkanes of at least 4 members (excludes halogenated alkanes) is 1. The smallest absolute Gasteiger partial charge is 0.293 e. The van der Waals surface area contributed by atoms with Crippen molar-refractivity contribution in [3.63, 3.8) is 0 Å². The van der Waals surface area contributed by atoms with E-state index in [0.29, 0.717) is 53.7 Å². The minimum absolute atomic E-state index is 0.0483. The molecule has 0 aliphatic heterocycles. The maximum absolute atomic E-state index is 10.1. The summed E-state index contributed by atoms with van der Waals surface area (Å²) in [6, 6.07) is 7.27. The zero-order valence-corrected chi connectivity index (χ0v) is 20.0. The van der Waals surface area contributed by atoms with Crippen LogP contribution in [0.4, 0.5) is 0 Å². The summed E-state index contributed by atoms with van der Waals surface area (Å²) in [6.45, 7) is 8.77. The van der Waals surface area contributed by atoms with Gasteiger partial charge in [0.2, 0.25) is 0 Å². The van der Waals surface area contributed by atoms with Gasteiger partial charge in [-0.2, -0.15) is 10.2 Å². The Balaban J connectivity index is 2.13. The molecule has 0 bridgehead atoms. The van der Waals surface area contributed by atoms with Crippen molar-refractivity contribution in [3.05, 3.63) is 47.5 Å². The summed E-state index contributed by atoms with van der Waals surface area (Å²) in [6.07, 6.45) is 5.03. The predicted molar refractivity (Wildman–Crippen MR) is 124 cm³/mol. The molecule has 0 spiro atoms. The molecule has 0 aliphatic rings. The van der Waals surface area contributed by atoms with Gasteiger partial charge in [0.1, 0.15) is 11.8 Å². The first-order chi connectivity index (χ1) is 15.8. The van der Waals surface area contributed by atoms with E-state index >= 15 is 0 Å². The minimum Gasteiger partial charge on any atom is -0.498 e. The predicted octanol–water partition coefficient (Wildman–Crippen LogP) is 5.28. The van der Waals surface area contributed by atoms with E-state index in [1.165, 1.54) is 0 Å². The molecule has 0 radical (unpaired) electrons. The van der Waals surface area contributed by atoms with Gasteiger partial charge in [0.25, 0.3) is 12.4 Å². The minimum atomic E-state index is -0.378. The van der Waals surface area contributed by atoms with Gasteiger partial charge in [0, 0.05) is 11.1 Å². The maximum Gasteiger partial charge on any atom is 0.293 e. The molecule has 0 fully saturated rings. The number of alkyl halides is 1. The second-order valence-electron chi connectivity index (χ2n) is 7.45. The van der Waals surface area contributed by atoms with E-state index < -0.39 is 0 Å². The Kier molecular flexibility index (Phi) is 10.4. The van der Waals surface area contributed by atoms with Crippen LogP contribution in [-0.2, 0) is 14.3 Å². The van der Waals surface area contributed by atoms with Crippen molar-refractivity contribution in [3.8, 4) is 23.3 Å². The Morgan fingerprint density at radius 2 is 2.00 bits per heavy atom. The Labute approximate surface area is 198 Å². The molecule has 0 N–H and O–H groups in total. The van der Waals surface area contributed by atoms with Gasteiger partial charge in [0.15, 0.2) is 5.82 Å². The lowest BCUT2D eigenvalue weighted by atomic mass is 10.1. The summed E-state index contributed by atoms with van der Waals surface area (Å²) in [4.78, 5) is 14.6. The fraction of sp³-hybridized carbons (Fsp3) is 0.417. The Bertz CT molecular complexity index is 1020. The number of aromatic nitrogens is 2. The lowest BCUT2D eigenvalue weighted by molar-refractivity contribution is -0.128. The zero-order chi connectivity index (χ0) is 24.2. The van der Waals surface area contributed by atoms with Crippen molar-refractivity contribution in [2.75, 3.05) is 13.2 Å². The zero-order valence-electron chi connectivity index (χ0n) is 19.2. The highest BCUT2D eigenvalue weighted by molar-refractivity contribution is 6.26. The summed E-state index contributed by atoms with van der Waals surface area (Å²) in [5.74, 6) is 1.82. The molecule has 8 nitrogen and oxygen atoms in total. The van der Waals surface area contributed by atoms with Crippen LogP contribution in [0.15, 0.2) is 40.6 Å². The van der Waals surface area contributed by atoms with Crippen LogP contribution in [0.5, 0.6) is 5.75 Å². The van der Waals surface area contributed by atoms with Crippen LogP contribution in [0, 0.1) is 11.3 Å². The molecule has 1 unspecified atom stereocenters. The molecule has 2 rings (SSSR count). The Hall–Kier alpha value is -3.31. The van der Waals surface area contributed by atoms with Gasteiger partial charge >= 0.3 is 0 Å². The summed E-state index contributed by atoms with van der Waals surface area (Å²) >= 11 is 6.35. The van der Waals surface area contributed by atoms with Crippen LogP contribution in [0.2, 0.25) is 0 Å². The van der Waals surface area contributed by atoms with Crippen LogP contribution in [0.3, 0.4) is 0 Å². The van der Waals surface area contributed by atoms with Crippen LogP contribution in [0.1, 0.15) is 51.9 Å². The first-order valence-corrected chi connectivity index (χ1v) is 11.0. The second-order valence-corrected chi connectivity index (χ2v) is 8.11. The molecule has 1 heterocycles. The number of allylic oxidation sites excluding steroid dienone is 4. The van der Waals surface area contributed by atoms with E-state index in [4.69, 9.17) is 25.6 Å². The van der Waals surface area contributed by atoms with Crippen LogP contribution in [0.25, 0.3) is 17.0 Å². The second kappa shape index (κ2) is 13.3. The molecule has 33 heavy (non-hydrogen) atoms. The molecule has 1 aromatic heterocycles. The van der Waals surface area contributed by atoms with E-state index in [1.807, 2.05) is 27.7 Å². The molecule has 0 aliphatic carbocycles. The number of carbonyl (C=O) groups excluding carboxylic acids is 1. The normalized spacial score (nSPS) is 12.9. The highest BCUT2D eigenvalue weighted by atomic mass is 35.5. The maximum atomic E-state index is 10.1. The standard InChI is InChI=1S/C24H28ClN3O5/c1-16(2)32-22-10-8-19(13-20(22)14-26)24-27-23(28-33-24)21(18(4)25)9-7-17(3)31-12-6-5-11-30-15-29/h7-10,13,15-16,18H,5-6,11-12H2,1-4H3. The van der Waals surface area contributed by atoms with Crippen molar-refractivity contribution in [2.45, 2.75) is 52.0 Å². The summed E-state index contributed by atoms with van der Waals surface area (Å²) < 4.78 is 21.4. The van der Waals surface area contributed by atoms with Gasteiger partial charge in [-0.1, -0.05) is 11.2 Å². The van der Waals surface area contributed by atoms with E-state index in [9.17, 15) is 10.1 Å². The molecule has 9 heteroatoms. The van der Waals surface area contributed by atoms with Gasteiger partial charge < -0.3 is 18.7 Å². The lowest BCUT2D eigenvalue weighted by Gasteiger charge is -2.11. The SMILES string of the molecule is CC(=CC=C(c1noc(-c2ccc(OC(C)C)c(C#N)c2)n1)C(C)Cl)OCCCCOC=O. The molecular weight excluding hydrogens is 446 g/mol. The van der Waals surface area contributed by atoms with Crippen LogP contribution < -0.4 is 4.74 Å². The van der Waals surface area contributed by atoms with E-state index in [1.54, 1.807) is 30.4 Å². The summed E-state index contributed by atoms with van der Waals surface area (Å²) in [7, 11) is 0. The molecular formula is C24H28ClN3O5. The van der Waals surface area contributed by atoms with Crippen molar-refractivity contribution >= 4 is 23.6 Å². The molecule has 1 atom stereocenters. The average Bonchev–Trinajstić information content (AvgIpc) is 3.25. The van der Waals surface area contributed by atoms with Crippen LogP contribution in [-0.4, -0.2) is 41.3 Å². The van der Waals surface area contributed by atoms with Crippen molar-refractivity contribution < 1.29 is 23.5 Å². The molecule has 176 valence electrons. The fourth-order valence-corrected chi connectivity index (χ4v) is 2.94. The van der Waals surface area contributed by atoms with E-state index in [2.05, 4.69) is 20.9 Å². The third-order valence-corrected chi connectivity index (χ3v) is 4.61. The summed E-state index contributed by atoms with van der Waals surface area (Å²) in [5.41, 5.74) is 1.65. The van der Waals surface area contributed by atoms with Gasteiger partial charge in [-0.05, 0) is 64.8 Å². The fourth-order valence-electron chi connectivity index (χ4n) is 2.77. The quantitative estimate of drug-likeness (QED) is 0.127. The van der Waals surface area contributed by atoms with Crippen molar-refractivity contribution in [1.29, 1.82) is 5.26 Å². The molecule has 0 amide bonds. The highest BCUT2D eigenvalue weighted by Crippen LogP contribution is 2.28. The van der Waals surface area contributed by atoms with Crippen molar-refractivity contribution in [1.82, 2.24) is 10.1 Å². The first-order valence-electron chi connectivity index (χ1n) is 10.6. The third-order valence-electron chi connectivity index (χ3n) is 4.37. The van der Waals surface area contributed by atoms with Crippen LogP contribution >= 0.6 is 11.6 Å². The number of nitriles is 1. The third kappa shape index (κ3) is 8.28. The molecule has 1 aromatic carbocycles. The molecule has 0 saturated heterocycles. The van der Waals surface area contributed by atoms with Gasteiger partial charge in [-0.25, -0.2) is 0 Å². The lowest BCUT2D eigenvalue weighted by Crippen LogP contribution is -2.06. The first kappa shape index (κ1) is 25.9. The monoisotopic (exact) mass is 473 g/mol. The Morgan fingerprint density at radius 3 is 2.67 bits per heavy atom.